The Morgan fingerprint density at radius 3 is 3.00 bits per heavy atom. The lowest BCUT2D eigenvalue weighted by molar-refractivity contribution is -0.114. The van der Waals surface area contributed by atoms with Gasteiger partial charge < -0.3 is 10.4 Å². The highest BCUT2D eigenvalue weighted by molar-refractivity contribution is 9.11. The van der Waals surface area contributed by atoms with Gasteiger partial charge in [0.1, 0.15) is 0 Å². The molecule has 1 aliphatic rings. The summed E-state index contributed by atoms with van der Waals surface area (Å²) < 4.78 is 4.42. The van der Waals surface area contributed by atoms with E-state index in [4.69, 9.17) is 0 Å². The van der Waals surface area contributed by atoms with E-state index in [0.29, 0.717) is 11.7 Å². The molecular formula is C14H16BrN3O2S3. The van der Waals surface area contributed by atoms with Gasteiger partial charge in [-0.1, -0.05) is 11.3 Å². The summed E-state index contributed by atoms with van der Waals surface area (Å²) >= 11 is 8.48. The third-order valence-corrected chi connectivity index (χ3v) is 7.43. The largest absolute Gasteiger partial charge is 0.392 e. The number of carbonyl (C=O) groups excluding carboxylic acids is 1. The molecule has 0 radical (unpaired) electrons. The predicted octanol–water partition coefficient (Wildman–Crippen LogP) is 3.97. The second kappa shape index (κ2) is 7.20. The van der Waals surface area contributed by atoms with Crippen LogP contribution in [0.3, 0.4) is 0 Å². The van der Waals surface area contributed by atoms with E-state index < -0.39 is 0 Å². The number of thiophene rings is 1. The number of hydrogen-bond donors (Lipinski definition) is 2. The molecule has 0 bridgehead atoms. The lowest BCUT2D eigenvalue weighted by atomic mass is 10.2. The van der Waals surface area contributed by atoms with Crippen LogP contribution in [0.25, 0.3) is 10.4 Å². The normalized spacial score (nSPS) is 18.5. The number of β-amino-alcohol motifs (C(OH)–C–C–N with tert-alkyl or cyclic N) is 1. The smallest absolute Gasteiger partial charge is 0.223 e. The Labute approximate surface area is 155 Å². The fourth-order valence-corrected chi connectivity index (χ4v) is 6.91. The van der Waals surface area contributed by atoms with E-state index in [0.717, 1.165) is 32.9 Å². The molecule has 9 heteroatoms. The van der Waals surface area contributed by atoms with Crippen molar-refractivity contribution in [3.8, 4) is 10.4 Å². The van der Waals surface area contributed by atoms with Gasteiger partial charge in [0, 0.05) is 25.6 Å². The highest BCUT2D eigenvalue weighted by atomic mass is 79.9. The van der Waals surface area contributed by atoms with Gasteiger partial charge in [-0.15, -0.1) is 11.3 Å². The van der Waals surface area contributed by atoms with E-state index in [1.54, 1.807) is 23.3 Å². The van der Waals surface area contributed by atoms with E-state index in [1.807, 2.05) is 6.92 Å². The molecule has 23 heavy (non-hydrogen) atoms. The molecular weight excluding hydrogens is 418 g/mol. The summed E-state index contributed by atoms with van der Waals surface area (Å²) in [6.45, 7) is 5.05. The number of anilines is 1. The number of aryl methyl sites for hydroxylation is 1. The molecule has 1 atom stereocenters. The number of carbonyl (C=O) groups is 1. The van der Waals surface area contributed by atoms with Crippen LogP contribution < -0.4 is 5.32 Å². The summed E-state index contributed by atoms with van der Waals surface area (Å²) in [5, 5.41) is 13.0. The molecule has 0 saturated carbocycles. The SMILES string of the molecule is CC(=O)Nc1nc(C)c(-c2cc(SN3CCC(O)C3)sc2Br)s1. The van der Waals surface area contributed by atoms with Gasteiger partial charge in [-0.25, -0.2) is 9.29 Å². The van der Waals surface area contributed by atoms with Crippen molar-refractivity contribution in [3.05, 3.63) is 15.5 Å². The molecule has 5 nitrogen and oxygen atoms in total. The van der Waals surface area contributed by atoms with Gasteiger partial charge >= 0.3 is 0 Å². The van der Waals surface area contributed by atoms with Gasteiger partial charge in [0.05, 0.1) is 24.7 Å². The summed E-state index contributed by atoms with van der Waals surface area (Å²) in [6.07, 6.45) is 0.620. The Morgan fingerprint density at radius 1 is 1.57 bits per heavy atom. The number of aliphatic hydroxyl groups is 1. The molecule has 124 valence electrons. The van der Waals surface area contributed by atoms with Gasteiger partial charge in [0.25, 0.3) is 0 Å². The van der Waals surface area contributed by atoms with E-state index in [1.165, 1.54) is 22.5 Å². The highest BCUT2D eigenvalue weighted by Gasteiger charge is 2.23. The summed E-state index contributed by atoms with van der Waals surface area (Å²) in [5.74, 6) is -0.112. The van der Waals surface area contributed by atoms with Gasteiger partial charge in [-0.05, 0) is 47.3 Å². The highest BCUT2D eigenvalue weighted by Crippen LogP contribution is 2.45. The minimum Gasteiger partial charge on any atom is -0.392 e. The van der Waals surface area contributed by atoms with Crippen molar-refractivity contribution >= 4 is 61.6 Å². The van der Waals surface area contributed by atoms with E-state index in [-0.39, 0.29) is 12.0 Å². The van der Waals surface area contributed by atoms with E-state index in [2.05, 4.69) is 36.6 Å². The molecule has 1 aliphatic heterocycles. The van der Waals surface area contributed by atoms with Gasteiger partial charge in [0.2, 0.25) is 5.91 Å². The number of thiazole rings is 1. The van der Waals surface area contributed by atoms with Crippen LogP contribution >= 0.6 is 50.6 Å². The van der Waals surface area contributed by atoms with Gasteiger partial charge in [-0.2, -0.15) is 0 Å². The van der Waals surface area contributed by atoms with Crippen LogP contribution in [0.2, 0.25) is 0 Å². The molecule has 0 aromatic carbocycles. The fraction of sp³-hybridized carbons (Fsp3) is 0.429. The van der Waals surface area contributed by atoms with Crippen LogP contribution in [0.1, 0.15) is 19.0 Å². The van der Waals surface area contributed by atoms with Crippen molar-refractivity contribution in [2.75, 3.05) is 18.4 Å². The quantitative estimate of drug-likeness (QED) is 0.713. The third-order valence-electron chi connectivity index (χ3n) is 3.33. The van der Waals surface area contributed by atoms with Crippen molar-refractivity contribution in [1.29, 1.82) is 0 Å². The Hall–Kier alpha value is -0.450. The Kier molecular flexibility index (Phi) is 5.44. The Morgan fingerprint density at radius 2 is 2.35 bits per heavy atom. The monoisotopic (exact) mass is 433 g/mol. The second-order valence-electron chi connectivity index (χ2n) is 5.29. The number of amides is 1. The number of halogens is 1. The van der Waals surface area contributed by atoms with Crippen molar-refractivity contribution in [2.45, 2.75) is 30.6 Å². The van der Waals surface area contributed by atoms with Gasteiger partial charge in [0.15, 0.2) is 5.13 Å². The first-order valence-electron chi connectivity index (χ1n) is 7.08. The molecule has 2 N–H and O–H groups in total. The zero-order valence-corrected chi connectivity index (χ0v) is 16.7. The number of nitrogens with zero attached hydrogens (tertiary/aromatic N) is 2. The van der Waals surface area contributed by atoms with E-state index in [9.17, 15) is 9.90 Å². The Bertz CT molecular complexity index is 731. The number of nitrogens with one attached hydrogen (secondary N) is 1. The standard InChI is InChI=1S/C14H16BrN3O2S3/c1-7-12(22-14(16-7)17-8(2)19)10-5-11(21-13(10)15)23-18-4-3-9(20)6-18/h5,9,20H,3-4,6H2,1-2H3,(H,16,17,19). The number of rotatable bonds is 4. The molecule has 0 aliphatic carbocycles. The molecule has 2 aromatic heterocycles. The van der Waals surface area contributed by atoms with E-state index >= 15 is 0 Å². The maximum atomic E-state index is 11.2. The van der Waals surface area contributed by atoms with Crippen molar-refractivity contribution < 1.29 is 9.90 Å². The zero-order chi connectivity index (χ0) is 16.6. The average molecular weight is 434 g/mol. The van der Waals surface area contributed by atoms with Crippen LogP contribution in [-0.2, 0) is 4.79 Å². The number of hydrogen-bond acceptors (Lipinski definition) is 7. The predicted molar refractivity (Wildman–Crippen MR) is 100 cm³/mol. The number of aliphatic hydroxyl groups excluding tert-OH is 1. The fourth-order valence-electron chi connectivity index (χ4n) is 2.32. The molecule has 3 heterocycles. The van der Waals surface area contributed by atoms with Crippen LogP contribution in [0.5, 0.6) is 0 Å². The molecule has 3 rings (SSSR count). The van der Waals surface area contributed by atoms with Crippen LogP contribution in [-0.4, -0.2) is 39.5 Å². The maximum Gasteiger partial charge on any atom is 0.223 e. The van der Waals surface area contributed by atoms with Crippen LogP contribution in [0.4, 0.5) is 5.13 Å². The molecule has 1 saturated heterocycles. The second-order valence-corrected chi connectivity index (χ2v) is 10.1. The maximum absolute atomic E-state index is 11.2. The number of aromatic nitrogens is 1. The lowest BCUT2D eigenvalue weighted by Gasteiger charge is -2.11. The zero-order valence-electron chi connectivity index (χ0n) is 12.6. The first kappa shape index (κ1) is 17.4. The minimum atomic E-state index is -0.214. The molecule has 1 amide bonds. The topological polar surface area (TPSA) is 65.5 Å². The first-order chi connectivity index (χ1) is 10.9. The summed E-state index contributed by atoms with van der Waals surface area (Å²) in [7, 11) is 0. The lowest BCUT2D eigenvalue weighted by Crippen LogP contribution is -2.13. The summed E-state index contributed by atoms with van der Waals surface area (Å²) in [5.41, 5.74) is 2.01. The van der Waals surface area contributed by atoms with Gasteiger partial charge in [-0.3, -0.25) is 4.79 Å². The van der Waals surface area contributed by atoms with Crippen LogP contribution in [0.15, 0.2) is 14.1 Å². The van der Waals surface area contributed by atoms with Crippen molar-refractivity contribution in [1.82, 2.24) is 9.29 Å². The minimum absolute atomic E-state index is 0.112. The molecule has 2 aromatic rings. The summed E-state index contributed by atoms with van der Waals surface area (Å²) in [4.78, 5) is 16.7. The molecule has 0 spiro atoms. The summed E-state index contributed by atoms with van der Waals surface area (Å²) in [6, 6.07) is 2.14. The first-order valence-corrected chi connectivity index (χ1v) is 10.3. The Balaban J connectivity index is 1.80. The molecule has 1 unspecified atom stereocenters. The third kappa shape index (κ3) is 4.15. The van der Waals surface area contributed by atoms with Crippen molar-refractivity contribution in [3.63, 3.8) is 0 Å². The molecule has 1 fully saturated rings. The average Bonchev–Trinajstić information content (AvgIpc) is 3.10. The van der Waals surface area contributed by atoms with Crippen molar-refractivity contribution in [2.24, 2.45) is 0 Å². The van der Waals surface area contributed by atoms with Crippen LogP contribution in [0, 0.1) is 6.92 Å².